The number of hydrogen-bond acceptors (Lipinski definition) is 7. The lowest BCUT2D eigenvalue weighted by Gasteiger charge is -2.32. The summed E-state index contributed by atoms with van der Waals surface area (Å²) in [5.41, 5.74) is 7.84. The number of aromatic nitrogens is 2. The molecule has 3 heterocycles. The molecule has 9 nitrogen and oxygen atoms in total. The summed E-state index contributed by atoms with van der Waals surface area (Å²) in [7, 11) is 0. The number of nitrogens with two attached hydrogens (primary N) is 1. The Morgan fingerprint density at radius 3 is 2.75 bits per heavy atom. The minimum absolute atomic E-state index is 0.241. The van der Waals surface area contributed by atoms with Crippen LogP contribution in [0.1, 0.15) is 34.1 Å². The largest absolute Gasteiger partial charge is 0.381 e. The summed E-state index contributed by atoms with van der Waals surface area (Å²) < 4.78 is 5.57. The molecule has 1 aliphatic heterocycles. The molecule has 168 valence electrons. The van der Waals surface area contributed by atoms with Crippen LogP contribution < -0.4 is 21.7 Å². The van der Waals surface area contributed by atoms with Gasteiger partial charge < -0.3 is 26.4 Å². The van der Waals surface area contributed by atoms with Crippen LogP contribution in [0.5, 0.6) is 0 Å². The van der Waals surface area contributed by atoms with Crippen molar-refractivity contribution in [2.75, 3.05) is 30.4 Å². The highest BCUT2D eigenvalue weighted by Gasteiger charge is 2.22. The van der Waals surface area contributed by atoms with Gasteiger partial charge in [0.25, 0.3) is 5.91 Å². The minimum atomic E-state index is -0.483. The Morgan fingerprint density at radius 1 is 1.28 bits per heavy atom. The Balaban J connectivity index is 1.36. The van der Waals surface area contributed by atoms with Gasteiger partial charge in [-0.1, -0.05) is 6.92 Å². The van der Waals surface area contributed by atoms with Crippen LogP contribution in [0, 0.1) is 0 Å². The Kier molecular flexibility index (Phi) is 6.84. The number of hydrogen-bond donors (Lipinski definition) is 5. The van der Waals surface area contributed by atoms with Crippen molar-refractivity contribution in [2.45, 2.75) is 25.4 Å². The summed E-state index contributed by atoms with van der Waals surface area (Å²) >= 11 is 1.36. The fraction of sp³-hybridized carbons (Fsp3) is 0.318. The third kappa shape index (κ3) is 5.16. The summed E-state index contributed by atoms with van der Waals surface area (Å²) in [6, 6.07) is 11.3. The van der Waals surface area contributed by atoms with Crippen LogP contribution >= 0.6 is 11.3 Å². The number of morpholine rings is 1. The molecule has 0 saturated carbocycles. The van der Waals surface area contributed by atoms with Gasteiger partial charge >= 0.3 is 0 Å². The van der Waals surface area contributed by atoms with Crippen molar-refractivity contribution in [2.24, 2.45) is 5.73 Å². The number of ether oxygens (including phenoxy) is 1. The van der Waals surface area contributed by atoms with Gasteiger partial charge in [0.15, 0.2) is 0 Å². The number of anilines is 2. The third-order valence-electron chi connectivity index (χ3n) is 5.34. The van der Waals surface area contributed by atoms with Gasteiger partial charge in [-0.25, -0.2) is 0 Å². The normalized spacial score (nSPS) is 17.0. The Morgan fingerprint density at radius 2 is 2.09 bits per heavy atom. The SMILES string of the molecule is CCC(Nc1ccc(C(=O)Nc2cc(-c3cc(C(N)=O)cs3)n[nH]2)cc1)C1COCCN1. The smallest absolute Gasteiger partial charge is 0.256 e. The van der Waals surface area contributed by atoms with Gasteiger partial charge in [0, 0.05) is 35.3 Å². The summed E-state index contributed by atoms with van der Waals surface area (Å²) in [6.45, 7) is 4.43. The first-order chi connectivity index (χ1) is 15.5. The van der Waals surface area contributed by atoms with Crippen LogP contribution in [0.15, 0.2) is 41.8 Å². The standard InChI is InChI=1S/C22H26N6O3S/c1-2-16(18-11-31-8-7-24-18)25-15-5-3-13(4-6-15)22(30)26-20-10-17(27-28-20)19-9-14(12-32-19)21(23)29/h3-6,9-10,12,16,18,24-25H,2,7-8,11H2,1H3,(H2,23,29)(H2,26,27,28,30). The first kappa shape index (κ1) is 22.0. The molecule has 10 heteroatoms. The molecule has 6 N–H and O–H groups in total. The van der Waals surface area contributed by atoms with Gasteiger partial charge in [0.1, 0.15) is 11.5 Å². The van der Waals surface area contributed by atoms with Crippen molar-refractivity contribution >= 4 is 34.7 Å². The summed E-state index contributed by atoms with van der Waals surface area (Å²) in [5, 5.41) is 18.5. The van der Waals surface area contributed by atoms with E-state index < -0.39 is 5.91 Å². The lowest BCUT2D eigenvalue weighted by Crippen LogP contribution is -2.51. The van der Waals surface area contributed by atoms with Crippen molar-refractivity contribution in [3.63, 3.8) is 0 Å². The first-order valence-electron chi connectivity index (χ1n) is 10.5. The number of thiophene rings is 1. The highest BCUT2D eigenvalue weighted by molar-refractivity contribution is 7.13. The van der Waals surface area contributed by atoms with E-state index in [1.165, 1.54) is 11.3 Å². The Hall–Kier alpha value is -3.21. The van der Waals surface area contributed by atoms with Crippen molar-refractivity contribution in [3.05, 3.63) is 52.9 Å². The number of nitrogens with one attached hydrogen (secondary N) is 4. The second-order valence-electron chi connectivity index (χ2n) is 7.56. The molecule has 32 heavy (non-hydrogen) atoms. The molecule has 3 aromatic rings. The number of carbonyl (C=O) groups is 2. The number of primary amides is 1. The second kappa shape index (κ2) is 9.94. The van der Waals surface area contributed by atoms with Gasteiger partial charge in [0.2, 0.25) is 5.91 Å². The van der Waals surface area contributed by atoms with E-state index in [0.29, 0.717) is 29.2 Å². The van der Waals surface area contributed by atoms with E-state index in [4.69, 9.17) is 10.5 Å². The van der Waals surface area contributed by atoms with Crippen LogP contribution in [-0.4, -0.2) is 53.9 Å². The van der Waals surface area contributed by atoms with E-state index in [0.717, 1.165) is 30.1 Å². The summed E-state index contributed by atoms with van der Waals surface area (Å²) in [5.74, 6) is -0.260. The third-order valence-corrected chi connectivity index (χ3v) is 6.29. The lowest BCUT2D eigenvalue weighted by molar-refractivity contribution is 0.0704. The maximum Gasteiger partial charge on any atom is 0.256 e. The predicted octanol–water partition coefficient (Wildman–Crippen LogP) is 2.67. The van der Waals surface area contributed by atoms with E-state index in [1.54, 1.807) is 29.6 Å². The molecule has 0 radical (unpaired) electrons. The molecule has 0 aliphatic carbocycles. The maximum atomic E-state index is 12.6. The molecule has 2 aromatic heterocycles. The number of aromatic amines is 1. The van der Waals surface area contributed by atoms with Gasteiger partial charge in [-0.05, 0) is 36.8 Å². The highest BCUT2D eigenvalue weighted by atomic mass is 32.1. The molecule has 2 unspecified atom stereocenters. The quantitative estimate of drug-likeness (QED) is 0.355. The number of nitrogens with zero attached hydrogens (tertiary/aromatic N) is 1. The van der Waals surface area contributed by atoms with E-state index >= 15 is 0 Å². The van der Waals surface area contributed by atoms with Gasteiger partial charge in [-0.15, -0.1) is 11.3 Å². The van der Waals surface area contributed by atoms with E-state index in [2.05, 4.69) is 33.1 Å². The molecule has 1 aliphatic rings. The highest BCUT2D eigenvalue weighted by Crippen LogP contribution is 2.27. The maximum absolute atomic E-state index is 12.6. The van der Waals surface area contributed by atoms with Crippen LogP contribution in [-0.2, 0) is 4.74 Å². The zero-order valence-electron chi connectivity index (χ0n) is 17.7. The number of amides is 2. The fourth-order valence-corrected chi connectivity index (χ4v) is 4.43. The van der Waals surface area contributed by atoms with Crippen LogP contribution in [0.3, 0.4) is 0 Å². The molecule has 0 spiro atoms. The van der Waals surface area contributed by atoms with Gasteiger partial charge in [-0.2, -0.15) is 5.10 Å². The fourth-order valence-electron chi connectivity index (χ4n) is 3.57. The van der Waals surface area contributed by atoms with Crippen molar-refractivity contribution < 1.29 is 14.3 Å². The number of benzene rings is 1. The van der Waals surface area contributed by atoms with E-state index in [9.17, 15) is 9.59 Å². The van der Waals surface area contributed by atoms with E-state index in [-0.39, 0.29) is 18.0 Å². The van der Waals surface area contributed by atoms with Crippen molar-refractivity contribution in [1.82, 2.24) is 15.5 Å². The minimum Gasteiger partial charge on any atom is -0.381 e. The zero-order valence-corrected chi connectivity index (χ0v) is 18.5. The second-order valence-corrected chi connectivity index (χ2v) is 8.47. The molecular formula is C22H26N6O3S. The van der Waals surface area contributed by atoms with Gasteiger partial charge in [-0.3, -0.25) is 14.7 Å². The topological polar surface area (TPSA) is 134 Å². The van der Waals surface area contributed by atoms with Crippen LogP contribution in [0.2, 0.25) is 0 Å². The number of carbonyl (C=O) groups excluding carboxylic acids is 2. The van der Waals surface area contributed by atoms with Crippen molar-refractivity contribution in [3.8, 4) is 10.6 Å². The molecule has 1 aromatic carbocycles. The molecule has 0 bridgehead atoms. The van der Waals surface area contributed by atoms with E-state index in [1.807, 2.05) is 12.1 Å². The predicted molar refractivity (Wildman–Crippen MR) is 125 cm³/mol. The average molecular weight is 455 g/mol. The van der Waals surface area contributed by atoms with Crippen molar-refractivity contribution in [1.29, 1.82) is 0 Å². The lowest BCUT2D eigenvalue weighted by atomic mass is 10.0. The molecule has 4 rings (SSSR count). The Bertz CT molecular complexity index is 1070. The molecular weight excluding hydrogens is 428 g/mol. The van der Waals surface area contributed by atoms with Crippen LogP contribution in [0.25, 0.3) is 10.6 Å². The Labute approximate surface area is 189 Å². The first-order valence-corrected chi connectivity index (χ1v) is 11.3. The molecule has 2 amide bonds. The molecule has 1 fully saturated rings. The summed E-state index contributed by atoms with van der Waals surface area (Å²) in [4.78, 5) is 24.7. The van der Waals surface area contributed by atoms with Crippen LogP contribution in [0.4, 0.5) is 11.5 Å². The zero-order chi connectivity index (χ0) is 22.5. The number of H-pyrrole nitrogens is 1. The summed E-state index contributed by atoms with van der Waals surface area (Å²) in [6.07, 6.45) is 0.955. The monoisotopic (exact) mass is 454 g/mol. The average Bonchev–Trinajstić information content (AvgIpc) is 3.48. The molecule has 2 atom stereocenters. The molecule has 1 saturated heterocycles. The number of rotatable bonds is 8. The van der Waals surface area contributed by atoms with Gasteiger partial charge in [0.05, 0.1) is 29.7 Å².